The zero-order valence-corrected chi connectivity index (χ0v) is 16.5. The van der Waals surface area contributed by atoms with E-state index in [0.717, 1.165) is 0 Å². The van der Waals surface area contributed by atoms with Crippen LogP contribution in [0.2, 0.25) is 0 Å². The van der Waals surface area contributed by atoms with E-state index in [1.807, 2.05) is 0 Å². The fraction of sp³-hybridized carbons (Fsp3) is 0.160. The van der Waals surface area contributed by atoms with Gasteiger partial charge >= 0.3 is 12.4 Å². The summed E-state index contributed by atoms with van der Waals surface area (Å²) >= 11 is 0. The number of ketones is 1. The Morgan fingerprint density at radius 2 is 0.938 bits per heavy atom. The third kappa shape index (κ3) is 4.47. The molecule has 0 atom stereocenters. The van der Waals surface area contributed by atoms with Gasteiger partial charge in [0, 0.05) is 11.1 Å². The van der Waals surface area contributed by atoms with Crippen molar-refractivity contribution in [3.05, 3.63) is 95.1 Å². The number of hydrogen-bond acceptors (Lipinski definition) is 1. The molecule has 0 aliphatic heterocycles. The van der Waals surface area contributed by atoms with Crippen LogP contribution in [0.25, 0.3) is 21.5 Å². The van der Waals surface area contributed by atoms with Gasteiger partial charge in [0.25, 0.3) is 0 Å². The maximum atomic E-state index is 13.8. The van der Waals surface area contributed by atoms with Crippen LogP contribution in [0.5, 0.6) is 0 Å². The minimum atomic E-state index is -4.59. The second kappa shape index (κ2) is 7.97. The predicted octanol–water partition coefficient (Wildman–Crippen LogP) is 7.43. The maximum absolute atomic E-state index is 13.8. The Morgan fingerprint density at radius 3 is 1.31 bits per heavy atom. The quantitative estimate of drug-likeness (QED) is 0.235. The van der Waals surface area contributed by atoms with Crippen molar-refractivity contribution in [2.45, 2.75) is 25.2 Å². The summed E-state index contributed by atoms with van der Waals surface area (Å²) < 4.78 is 79.7. The number of rotatable bonds is 4. The maximum Gasteiger partial charge on any atom is 0.393 e. The summed E-state index contributed by atoms with van der Waals surface area (Å²) in [5.41, 5.74) is -0.986. The molecule has 4 aromatic rings. The molecule has 0 bridgehead atoms. The first kappa shape index (κ1) is 21.9. The Kier molecular flexibility index (Phi) is 5.44. The zero-order chi connectivity index (χ0) is 23.1. The number of carbonyl (C=O) groups is 1. The fourth-order valence-corrected chi connectivity index (χ4v) is 4.02. The minimum absolute atomic E-state index is 0.222. The van der Waals surface area contributed by atoms with Crippen LogP contribution < -0.4 is 0 Å². The third-order valence-corrected chi connectivity index (χ3v) is 5.27. The van der Waals surface area contributed by atoms with Crippen LogP contribution in [0, 0.1) is 0 Å². The van der Waals surface area contributed by atoms with Crippen LogP contribution in [0.1, 0.15) is 27.0 Å². The van der Waals surface area contributed by atoms with Crippen molar-refractivity contribution in [3.63, 3.8) is 0 Å². The highest BCUT2D eigenvalue weighted by atomic mass is 19.4. The number of alkyl halides is 6. The number of benzene rings is 4. The summed E-state index contributed by atoms with van der Waals surface area (Å²) in [5.74, 6) is -0.850. The molecule has 0 amide bonds. The molecule has 0 aliphatic rings. The van der Waals surface area contributed by atoms with E-state index in [1.165, 1.54) is 36.4 Å². The fourth-order valence-electron chi connectivity index (χ4n) is 4.02. The average Bonchev–Trinajstić information content (AvgIpc) is 2.71. The van der Waals surface area contributed by atoms with Gasteiger partial charge in [0.05, 0.1) is 12.8 Å². The molecule has 0 saturated carbocycles. The second-order valence-electron chi connectivity index (χ2n) is 7.55. The summed E-state index contributed by atoms with van der Waals surface area (Å²) in [6.45, 7) is 0. The molecule has 0 N–H and O–H groups in total. The van der Waals surface area contributed by atoms with Gasteiger partial charge in [-0.2, -0.15) is 26.3 Å². The molecule has 0 aromatic heterocycles. The third-order valence-electron chi connectivity index (χ3n) is 5.27. The molecule has 0 unspecified atom stereocenters. The SMILES string of the molecule is O=C(c1c(CC(F)(F)F)ccc2ccccc12)c1c(CC(F)(F)F)ccc2ccccc12. The second-order valence-corrected chi connectivity index (χ2v) is 7.55. The van der Waals surface area contributed by atoms with Crippen molar-refractivity contribution in [3.8, 4) is 0 Å². The lowest BCUT2D eigenvalue weighted by Gasteiger charge is -2.18. The standard InChI is InChI=1S/C25H16F6O/c26-24(27,28)13-17-11-9-15-5-1-3-7-19(15)21(17)23(32)22-18(14-25(29,30)31)12-10-16-6-2-4-8-20(16)22/h1-12H,13-14H2. The molecule has 0 aliphatic carbocycles. The Labute approximate surface area is 179 Å². The van der Waals surface area contributed by atoms with Crippen molar-refractivity contribution in [1.29, 1.82) is 0 Å². The largest absolute Gasteiger partial charge is 0.393 e. The van der Waals surface area contributed by atoms with Crippen molar-refractivity contribution in [2.75, 3.05) is 0 Å². The summed E-state index contributed by atoms with van der Waals surface area (Å²) in [6, 6.07) is 18.2. The molecular formula is C25H16F6O. The molecule has 0 spiro atoms. The highest BCUT2D eigenvalue weighted by Crippen LogP contribution is 2.35. The van der Waals surface area contributed by atoms with E-state index in [4.69, 9.17) is 0 Å². The first-order valence-electron chi connectivity index (χ1n) is 9.73. The van der Waals surface area contributed by atoms with Gasteiger partial charge in [-0.1, -0.05) is 72.8 Å². The van der Waals surface area contributed by atoms with Crippen LogP contribution in [-0.4, -0.2) is 18.1 Å². The van der Waals surface area contributed by atoms with Crippen LogP contribution in [0.3, 0.4) is 0 Å². The van der Waals surface area contributed by atoms with E-state index in [9.17, 15) is 31.1 Å². The number of fused-ring (bicyclic) bond motifs is 2. The summed E-state index contributed by atoms with van der Waals surface area (Å²) in [5, 5.41) is 1.59. The molecule has 4 aromatic carbocycles. The lowest BCUT2D eigenvalue weighted by molar-refractivity contribution is -0.128. The van der Waals surface area contributed by atoms with Crippen LogP contribution in [0.15, 0.2) is 72.8 Å². The molecule has 0 fully saturated rings. The van der Waals surface area contributed by atoms with Gasteiger partial charge in [-0.05, 0) is 32.7 Å². The number of halogens is 6. The normalized spacial score (nSPS) is 12.4. The topological polar surface area (TPSA) is 17.1 Å². The van der Waals surface area contributed by atoms with E-state index in [2.05, 4.69) is 0 Å². The van der Waals surface area contributed by atoms with Crippen molar-refractivity contribution in [2.24, 2.45) is 0 Å². The van der Waals surface area contributed by atoms with E-state index >= 15 is 0 Å². The van der Waals surface area contributed by atoms with E-state index in [-0.39, 0.29) is 33.0 Å². The van der Waals surface area contributed by atoms with Gasteiger partial charge in [0.15, 0.2) is 5.78 Å². The highest BCUT2D eigenvalue weighted by molar-refractivity contribution is 6.23. The zero-order valence-electron chi connectivity index (χ0n) is 16.5. The first-order chi connectivity index (χ1) is 15.0. The molecule has 0 heterocycles. The molecule has 1 nitrogen and oxygen atoms in total. The Bertz CT molecular complexity index is 1220. The lowest BCUT2D eigenvalue weighted by Crippen LogP contribution is -2.19. The number of hydrogen-bond donors (Lipinski definition) is 0. The van der Waals surface area contributed by atoms with E-state index < -0.39 is 31.0 Å². The van der Waals surface area contributed by atoms with Gasteiger partial charge in [-0.3, -0.25) is 4.79 Å². The predicted molar refractivity (Wildman–Crippen MR) is 111 cm³/mol. The lowest BCUT2D eigenvalue weighted by atomic mass is 9.86. The Hall–Kier alpha value is -3.35. The Morgan fingerprint density at radius 1 is 0.562 bits per heavy atom. The first-order valence-corrected chi connectivity index (χ1v) is 9.73. The van der Waals surface area contributed by atoms with Gasteiger partial charge < -0.3 is 0 Å². The summed E-state index contributed by atoms with van der Waals surface area (Å²) in [4.78, 5) is 13.8. The summed E-state index contributed by atoms with van der Waals surface area (Å²) in [7, 11) is 0. The van der Waals surface area contributed by atoms with Crippen molar-refractivity contribution < 1.29 is 31.1 Å². The monoisotopic (exact) mass is 446 g/mol. The van der Waals surface area contributed by atoms with Crippen LogP contribution in [-0.2, 0) is 12.8 Å². The van der Waals surface area contributed by atoms with Crippen molar-refractivity contribution >= 4 is 27.3 Å². The molecule has 164 valence electrons. The summed E-state index contributed by atoms with van der Waals surface area (Å²) in [6.07, 6.45) is -11.9. The van der Waals surface area contributed by atoms with Crippen LogP contribution >= 0.6 is 0 Å². The molecule has 0 saturated heterocycles. The number of carbonyl (C=O) groups excluding carboxylic acids is 1. The van der Waals surface area contributed by atoms with Crippen molar-refractivity contribution in [1.82, 2.24) is 0 Å². The van der Waals surface area contributed by atoms with E-state index in [0.29, 0.717) is 10.8 Å². The molecule has 0 radical (unpaired) electrons. The molecule has 4 rings (SSSR count). The Balaban J connectivity index is 2.03. The van der Waals surface area contributed by atoms with Gasteiger partial charge in [-0.15, -0.1) is 0 Å². The average molecular weight is 446 g/mol. The van der Waals surface area contributed by atoms with Gasteiger partial charge in [0.2, 0.25) is 0 Å². The molecular weight excluding hydrogens is 430 g/mol. The van der Waals surface area contributed by atoms with E-state index in [1.54, 1.807) is 36.4 Å². The minimum Gasteiger partial charge on any atom is -0.289 e. The molecule has 32 heavy (non-hydrogen) atoms. The van der Waals surface area contributed by atoms with Gasteiger partial charge in [0.1, 0.15) is 0 Å². The van der Waals surface area contributed by atoms with Gasteiger partial charge in [-0.25, -0.2) is 0 Å². The van der Waals surface area contributed by atoms with Crippen LogP contribution in [0.4, 0.5) is 26.3 Å². The molecule has 7 heteroatoms. The smallest absolute Gasteiger partial charge is 0.289 e. The highest BCUT2D eigenvalue weighted by Gasteiger charge is 2.34.